The molecule has 84 valence electrons. The number of halogens is 2. The standard InChI is InChI=1S/C11H9BrN2O.BrH/c12-8-10-13-6-7-14(10)11(15)9-4-2-1-3-5-9;/h1-7H,8H2;1H. The average Bonchev–Trinajstić information content (AvgIpc) is 2.77. The van der Waals surface area contributed by atoms with Gasteiger partial charge in [0.15, 0.2) is 0 Å². The third-order valence-corrected chi connectivity index (χ3v) is 2.58. The molecule has 0 amide bonds. The van der Waals surface area contributed by atoms with Crippen molar-refractivity contribution in [3.05, 3.63) is 54.1 Å². The van der Waals surface area contributed by atoms with Crippen LogP contribution in [0.25, 0.3) is 0 Å². The van der Waals surface area contributed by atoms with E-state index in [1.54, 1.807) is 29.1 Å². The predicted molar refractivity (Wildman–Crippen MR) is 62.1 cm³/mol. The van der Waals surface area contributed by atoms with E-state index in [0.29, 0.717) is 16.7 Å². The molecule has 2 rings (SSSR count). The highest BCUT2D eigenvalue weighted by Gasteiger charge is 2.10. The lowest BCUT2D eigenvalue weighted by Crippen LogP contribution is -3.00. The number of aromatic nitrogens is 2. The number of nitrogens with zero attached hydrogens (tertiary/aromatic N) is 2. The molecule has 16 heavy (non-hydrogen) atoms. The lowest BCUT2D eigenvalue weighted by atomic mass is 10.2. The molecule has 1 aromatic heterocycles. The van der Waals surface area contributed by atoms with Crippen LogP contribution in [0.4, 0.5) is 0 Å². The molecule has 0 aliphatic carbocycles. The second kappa shape index (κ2) is 5.96. The molecule has 0 radical (unpaired) electrons. The molecule has 0 fully saturated rings. The normalized spacial score (nSPS) is 9.56. The molecule has 0 unspecified atom stereocenters. The first kappa shape index (κ1) is 13.1. The summed E-state index contributed by atoms with van der Waals surface area (Å²) in [6, 6.07) is 9.16. The quantitative estimate of drug-likeness (QED) is 0.693. The fourth-order valence-electron chi connectivity index (χ4n) is 1.34. The summed E-state index contributed by atoms with van der Waals surface area (Å²) in [6.07, 6.45) is 3.30. The van der Waals surface area contributed by atoms with Crippen molar-refractivity contribution in [3.63, 3.8) is 0 Å². The van der Waals surface area contributed by atoms with Crippen LogP contribution in [0.2, 0.25) is 0 Å². The molecule has 5 heteroatoms. The predicted octanol–water partition coefficient (Wildman–Crippen LogP) is -0.417. The summed E-state index contributed by atoms with van der Waals surface area (Å²) in [5.41, 5.74) is 0.665. The van der Waals surface area contributed by atoms with Crippen molar-refractivity contribution >= 4 is 21.8 Å². The van der Waals surface area contributed by atoms with E-state index in [2.05, 4.69) is 20.9 Å². The van der Waals surface area contributed by atoms with Crippen LogP contribution >= 0.6 is 15.9 Å². The number of hydrogen-bond donors (Lipinski definition) is 0. The van der Waals surface area contributed by atoms with E-state index in [1.807, 2.05) is 18.2 Å². The molecule has 1 aromatic carbocycles. The Bertz CT molecular complexity index is 473. The van der Waals surface area contributed by atoms with Crippen LogP contribution in [0.15, 0.2) is 42.7 Å². The van der Waals surface area contributed by atoms with Crippen molar-refractivity contribution in [2.24, 2.45) is 0 Å². The Morgan fingerprint density at radius 2 is 2.06 bits per heavy atom. The number of carbonyl (C=O) groups excluding carboxylic acids is 1. The zero-order chi connectivity index (χ0) is 10.7. The van der Waals surface area contributed by atoms with Crippen molar-refractivity contribution in [1.82, 2.24) is 9.55 Å². The Balaban J connectivity index is 0.00000128. The topological polar surface area (TPSA) is 34.9 Å². The first-order valence-electron chi connectivity index (χ1n) is 4.51. The Hall–Kier alpha value is -0.940. The van der Waals surface area contributed by atoms with E-state index < -0.39 is 0 Å². The summed E-state index contributed by atoms with van der Waals surface area (Å²) >= 11 is 3.29. The van der Waals surface area contributed by atoms with Crippen LogP contribution in [0.1, 0.15) is 17.6 Å². The van der Waals surface area contributed by atoms with Gasteiger partial charge in [-0.3, -0.25) is 9.36 Å². The minimum absolute atomic E-state index is 0. The van der Waals surface area contributed by atoms with Crippen molar-refractivity contribution in [3.8, 4) is 0 Å². The summed E-state index contributed by atoms with van der Waals surface area (Å²) in [5.74, 6) is 0.659. The second-order valence-electron chi connectivity index (χ2n) is 3.02. The minimum Gasteiger partial charge on any atom is -1.00 e. The molecule has 0 atom stereocenters. The average molecular weight is 346 g/mol. The highest BCUT2D eigenvalue weighted by atomic mass is 79.9. The smallest absolute Gasteiger partial charge is 1.00 e. The summed E-state index contributed by atoms with van der Waals surface area (Å²) < 4.78 is 1.55. The SMILES string of the molecule is O=C(c1ccccc1)n1ccnc1CBr.[Br-].[H+]. The van der Waals surface area contributed by atoms with Crippen LogP contribution < -0.4 is 17.0 Å². The Kier molecular flexibility index (Phi) is 4.89. The van der Waals surface area contributed by atoms with Gasteiger partial charge in [0.2, 0.25) is 0 Å². The number of carbonyl (C=O) groups is 1. The van der Waals surface area contributed by atoms with Crippen molar-refractivity contribution in [2.45, 2.75) is 5.33 Å². The monoisotopic (exact) mass is 344 g/mol. The first-order chi connectivity index (χ1) is 7.33. The van der Waals surface area contributed by atoms with E-state index in [-0.39, 0.29) is 24.3 Å². The summed E-state index contributed by atoms with van der Waals surface area (Å²) in [5, 5.41) is 0.568. The number of alkyl halides is 1. The second-order valence-corrected chi connectivity index (χ2v) is 3.58. The third-order valence-electron chi connectivity index (χ3n) is 2.08. The van der Waals surface area contributed by atoms with Crippen LogP contribution in [-0.2, 0) is 5.33 Å². The van der Waals surface area contributed by atoms with Crippen LogP contribution in [0.5, 0.6) is 0 Å². The van der Waals surface area contributed by atoms with E-state index in [9.17, 15) is 4.79 Å². The zero-order valence-corrected chi connectivity index (χ0v) is 11.5. The summed E-state index contributed by atoms with van der Waals surface area (Å²) in [4.78, 5) is 16.1. The number of benzene rings is 1. The first-order valence-corrected chi connectivity index (χ1v) is 5.63. The molecule has 0 spiro atoms. The largest absolute Gasteiger partial charge is 1.00 e. The number of hydrogen-bond acceptors (Lipinski definition) is 2. The van der Waals surface area contributed by atoms with E-state index in [1.165, 1.54) is 0 Å². The van der Waals surface area contributed by atoms with Gasteiger partial charge in [-0.2, -0.15) is 0 Å². The van der Waals surface area contributed by atoms with Gasteiger partial charge in [-0.15, -0.1) is 0 Å². The zero-order valence-electron chi connectivity index (χ0n) is 9.31. The molecule has 0 N–H and O–H groups in total. The van der Waals surface area contributed by atoms with Gasteiger partial charge < -0.3 is 17.0 Å². The molecule has 0 aliphatic heterocycles. The Morgan fingerprint density at radius 3 is 2.69 bits per heavy atom. The number of rotatable bonds is 2. The molecule has 0 saturated carbocycles. The maximum atomic E-state index is 12.0. The summed E-state index contributed by atoms with van der Waals surface area (Å²) in [6.45, 7) is 0. The molecular formula is C11H10Br2N2O. The lowest BCUT2D eigenvalue weighted by Gasteiger charge is -2.03. The fourth-order valence-corrected chi connectivity index (χ4v) is 1.75. The van der Waals surface area contributed by atoms with Gasteiger partial charge in [0.25, 0.3) is 5.91 Å². The molecular weight excluding hydrogens is 336 g/mol. The van der Waals surface area contributed by atoms with E-state index >= 15 is 0 Å². The van der Waals surface area contributed by atoms with E-state index in [4.69, 9.17) is 0 Å². The molecule has 3 nitrogen and oxygen atoms in total. The maximum absolute atomic E-state index is 12.0. The van der Waals surface area contributed by atoms with Crippen LogP contribution in [-0.4, -0.2) is 15.5 Å². The minimum atomic E-state index is -0.0532. The highest BCUT2D eigenvalue weighted by Crippen LogP contribution is 2.08. The molecule has 2 aromatic rings. The lowest BCUT2D eigenvalue weighted by molar-refractivity contribution is -0.0000114. The maximum Gasteiger partial charge on any atom is 1.00 e. The van der Waals surface area contributed by atoms with Crippen molar-refractivity contribution in [2.75, 3.05) is 0 Å². The van der Waals surface area contributed by atoms with Crippen molar-refractivity contribution < 1.29 is 23.2 Å². The van der Waals surface area contributed by atoms with Gasteiger partial charge in [-0.25, -0.2) is 4.98 Å². The molecule has 0 aliphatic rings. The molecule has 0 saturated heterocycles. The summed E-state index contributed by atoms with van der Waals surface area (Å²) in [7, 11) is 0. The van der Waals surface area contributed by atoms with E-state index in [0.717, 1.165) is 0 Å². The third kappa shape index (κ3) is 2.59. The van der Waals surface area contributed by atoms with Gasteiger partial charge in [0.05, 0.1) is 5.33 Å². The fraction of sp³-hybridized carbons (Fsp3) is 0.0909. The highest BCUT2D eigenvalue weighted by molar-refractivity contribution is 9.08. The van der Waals surface area contributed by atoms with Gasteiger partial charge >= 0.3 is 1.43 Å². The van der Waals surface area contributed by atoms with Crippen molar-refractivity contribution in [1.29, 1.82) is 0 Å². The van der Waals surface area contributed by atoms with Gasteiger partial charge in [-0.1, -0.05) is 34.1 Å². The van der Waals surface area contributed by atoms with Gasteiger partial charge in [0, 0.05) is 18.0 Å². The van der Waals surface area contributed by atoms with Crippen LogP contribution in [0.3, 0.4) is 0 Å². The van der Waals surface area contributed by atoms with Gasteiger partial charge in [-0.05, 0) is 12.1 Å². The molecule has 1 heterocycles. The van der Waals surface area contributed by atoms with Crippen LogP contribution in [0, 0.1) is 0 Å². The Morgan fingerprint density at radius 1 is 1.38 bits per heavy atom. The number of imidazole rings is 1. The molecule has 0 bridgehead atoms. The Labute approximate surface area is 114 Å². The van der Waals surface area contributed by atoms with Gasteiger partial charge in [0.1, 0.15) is 5.82 Å².